The summed E-state index contributed by atoms with van der Waals surface area (Å²) in [7, 11) is 0. The Morgan fingerprint density at radius 3 is 1.72 bits per heavy atom. The number of hydrogen-bond donors (Lipinski definition) is 0. The van der Waals surface area contributed by atoms with Gasteiger partial charge in [-0.3, -0.25) is 0 Å². The van der Waals surface area contributed by atoms with Crippen molar-refractivity contribution in [2.45, 2.75) is 64.6 Å². The van der Waals surface area contributed by atoms with Crippen molar-refractivity contribution in [3.05, 3.63) is 0 Å². The minimum Gasteiger partial charge on any atom is -0.375 e. The molecule has 2 unspecified atom stereocenters. The van der Waals surface area contributed by atoms with Gasteiger partial charge in [0.05, 0.1) is 24.4 Å². The molecular weight excluding hydrogens is 360 g/mol. The van der Waals surface area contributed by atoms with E-state index in [-0.39, 0.29) is 11.2 Å². The van der Waals surface area contributed by atoms with E-state index in [0.29, 0.717) is 0 Å². The van der Waals surface area contributed by atoms with Crippen LogP contribution in [0.3, 0.4) is 0 Å². The lowest BCUT2D eigenvalue weighted by molar-refractivity contribution is -0.0850. The van der Waals surface area contributed by atoms with Gasteiger partial charge in [0, 0.05) is 10.7 Å². The van der Waals surface area contributed by atoms with Crippen molar-refractivity contribution < 1.29 is 9.47 Å². The van der Waals surface area contributed by atoms with E-state index >= 15 is 0 Å². The maximum atomic E-state index is 6.07. The second-order valence-corrected chi connectivity index (χ2v) is 6.77. The highest BCUT2D eigenvalue weighted by Gasteiger charge is 2.26. The molecule has 0 bridgehead atoms. The third-order valence-electron chi connectivity index (χ3n) is 3.73. The highest BCUT2D eigenvalue weighted by atomic mass is 79.9. The second kappa shape index (κ2) is 9.73. The summed E-state index contributed by atoms with van der Waals surface area (Å²) in [6.07, 6.45) is 4.07. The van der Waals surface area contributed by atoms with E-state index < -0.39 is 0 Å². The highest BCUT2D eigenvalue weighted by Crippen LogP contribution is 2.25. The van der Waals surface area contributed by atoms with Crippen molar-refractivity contribution in [2.24, 2.45) is 0 Å². The highest BCUT2D eigenvalue weighted by molar-refractivity contribution is 9.09. The predicted molar refractivity (Wildman–Crippen MR) is 86.1 cm³/mol. The molecule has 0 heterocycles. The van der Waals surface area contributed by atoms with E-state index in [1.807, 2.05) is 0 Å². The molecule has 0 aliphatic carbocycles. The summed E-state index contributed by atoms with van der Waals surface area (Å²) in [5, 5.41) is 1.88. The largest absolute Gasteiger partial charge is 0.375 e. The summed E-state index contributed by atoms with van der Waals surface area (Å²) < 4.78 is 12.0. The summed E-state index contributed by atoms with van der Waals surface area (Å²) in [5.74, 6) is 0. The van der Waals surface area contributed by atoms with Crippen molar-refractivity contribution in [3.8, 4) is 0 Å². The minimum atomic E-state index is -0.0587. The summed E-state index contributed by atoms with van der Waals surface area (Å²) in [5.41, 5.74) is -0.0651. The fourth-order valence-electron chi connectivity index (χ4n) is 1.70. The third kappa shape index (κ3) is 7.46. The summed E-state index contributed by atoms with van der Waals surface area (Å²) in [4.78, 5) is 0. The Labute approximate surface area is 129 Å². The smallest absolute Gasteiger partial charge is 0.0674 e. The van der Waals surface area contributed by atoms with Gasteiger partial charge in [-0.25, -0.2) is 0 Å². The van der Waals surface area contributed by atoms with Crippen LogP contribution in [-0.4, -0.2) is 35.1 Å². The van der Waals surface area contributed by atoms with Gasteiger partial charge in [0.2, 0.25) is 0 Å². The van der Waals surface area contributed by atoms with Crippen LogP contribution in [0.5, 0.6) is 0 Å². The zero-order valence-electron chi connectivity index (χ0n) is 12.2. The van der Waals surface area contributed by atoms with Crippen molar-refractivity contribution in [3.63, 3.8) is 0 Å². The quantitative estimate of drug-likeness (QED) is 0.468. The Morgan fingerprint density at radius 1 is 0.778 bits per heavy atom. The Hall–Kier alpha value is 0.880. The summed E-state index contributed by atoms with van der Waals surface area (Å²) in [6, 6.07) is 0. The Balaban J connectivity index is 4.12. The first kappa shape index (κ1) is 18.9. The second-order valence-electron chi connectivity index (χ2n) is 5.18. The maximum Gasteiger partial charge on any atom is 0.0674 e. The molecule has 2 nitrogen and oxygen atoms in total. The number of alkyl halides is 2. The third-order valence-corrected chi connectivity index (χ3v) is 4.45. The van der Waals surface area contributed by atoms with Crippen molar-refractivity contribution >= 4 is 31.9 Å². The van der Waals surface area contributed by atoms with E-state index in [1.165, 1.54) is 0 Å². The summed E-state index contributed by atoms with van der Waals surface area (Å²) >= 11 is 6.90. The fraction of sp³-hybridized carbons (Fsp3) is 1.00. The maximum absolute atomic E-state index is 6.07. The molecule has 0 aromatic carbocycles. The van der Waals surface area contributed by atoms with Crippen LogP contribution in [0.4, 0.5) is 0 Å². The number of ether oxygens (including phenoxy) is 2. The molecule has 110 valence electrons. The van der Waals surface area contributed by atoms with Crippen LogP contribution in [0.2, 0.25) is 0 Å². The molecule has 0 saturated heterocycles. The van der Waals surface area contributed by atoms with Crippen LogP contribution in [0.1, 0.15) is 53.4 Å². The molecule has 0 rings (SSSR count). The van der Waals surface area contributed by atoms with Gasteiger partial charge in [0.15, 0.2) is 0 Å². The summed E-state index contributed by atoms with van der Waals surface area (Å²) in [6.45, 7) is 10.2. The molecule has 0 amide bonds. The van der Waals surface area contributed by atoms with Gasteiger partial charge in [0.25, 0.3) is 0 Å². The van der Waals surface area contributed by atoms with Gasteiger partial charge in [0.1, 0.15) is 0 Å². The van der Waals surface area contributed by atoms with E-state index in [4.69, 9.17) is 9.47 Å². The average molecular weight is 388 g/mol. The van der Waals surface area contributed by atoms with E-state index in [0.717, 1.165) is 49.6 Å². The standard InChI is InChI=1S/C14H28Br2O2/c1-5-13(3,7-9-15)17-11-8-14(4,6-2)18-12-10-16/h5-12H2,1-4H3. The molecule has 0 N–H and O–H groups in total. The number of hydrogen-bond acceptors (Lipinski definition) is 2. The zero-order chi connectivity index (χ0) is 14.1. The van der Waals surface area contributed by atoms with Crippen molar-refractivity contribution in [1.82, 2.24) is 0 Å². The molecule has 0 aliphatic rings. The van der Waals surface area contributed by atoms with Gasteiger partial charge in [-0.05, 0) is 39.5 Å². The van der Waals surface area contributed by atoms with Crippen LogP contribution < -0.4 is 0 Å². The SMILES string of the molecule is CCC(C)(CCBr)OCCC(C)(CC)OCCBr. The van der Waals surface area contributed by atoms with E-state index in [2.05, 4.69) is 59.6 Å². The molecule has 0 saturated carbocycles. The fourth-order valence-corrected chi connectivity index (χ4v) is 2.70. The topological polar surface area (TPSA) is 18.5 Å². The van der Waals surface area contributed by atoms with Crippen molar-refractivity contribution in [1.29, 1.82) is 0 Å². The van der Waals surface area contributed by atoms with E-state index in [1.54, 1.807) is 0 Å². The van der Waals surface area contributed by atoms with Crippen LogP contribution >= 0.6 is 31.9 Å². The molecule has 0 radical (unpaired) electrons. The van der Waals surface area contributed by atoms with Gasteiger partial charge in [-0.15, -0.1) is 0 Å². The molecule has 0 spiro atoms. The van der Waals surface area contributed by atoms with E-state index in [9.17, 15) is 0 Å². The molecule has 0 fully saturated rings. The van der Waals surface area contributed by atoms with Gasteiger partial charge < -0.3 is 9.47 Å². The Kier molecular flexibility index (Phi) is 10.2. The normalized spacial score (nSPS) is 18.3. The zero-order valence-corrected chi connectivity index (χ0v) is 15.4. The Morgan fingerprint density at radius 2 is 1.28 bits per heavy atom. The lowest BCUT2D eigenvalue weighted by Gasteiger charge is -2.32. The number of rotatable bonds is 11. The van der Waals surface area contributed by atoms with Crippen LogP contribution in [-0.2, 0) is 9.47 Å². The minimum absolute atomic E-state index is 0.00637. The van der Waals surface area contributed by atoms with Crippen molar-refractivity contribution in [2.75, 3.05) is 23.9 Å². The molecular formula is C14H28Br2O2. The monoisotopic (exact) mass is 386 g/mol. The van der Waals surface area contributed by atoms with Crippen LogP contribution in [0.25, 0.3) is 0 Å². The predicted octanol–water partition coefficient (Wildman–Crippen LogP) is 4.93. The van der Waals surface area contributed by atoms with Crippen LogP contribution in [0.15, 0.2) is 0 Å². The molecule has 4 heteroatoms. The van der Waals surface area contributed by atoms with Gasteiger partial charge in [-0.1, -0.05) is 45.7 Å². The van der Waals surface area contributed by atoms with Crippen LogP contribution in [0, 0.1) is 0 Å². The first-order valence-corrected chi connectivity index (χ1v) is 9.09. The molecule has 2 atom stereocenters. The lowest BCUT2D eigenvalue weighted by Crippen LogP contribution is -2.34. The first-order valence-electron chi connectivity index (χ1n) is 6.85. The first-order chi connectivity index (χ1) is 8.45. The average Bonchev–Trinajstić information content (AvgIpc) is 2.36. The Bertz CT molecular complexity index is 214. The molecule has 18 heavy (non-hydrogen) atoms. The number of halogens is 2. The molecule has 0 aromatic rings. The van der Waals surface area contributed by atoms with Gasteiger partial charge in [-0.2, -0.15) is 0 Å². The lowest BCUT2D eigenvalue weighted by atomic mass is 9.97. The molecule has 0 aliphatic heterocycles. The molecule has 0 aromatic heterocycles. The van der Waals surface area contributed by atoms with Gasteiger partial charge >= 0.3 is 0 Å².